The van der Waals surface area contributed by atoms with Gasteiger partial charge in [0.15, 0.2) is 4.34 Å². The first kappa shape index (κ1) is 12.0. The van der Waals surface area contributed by atoms with Crippen LogP contribution in [0.5, 0.6) is 0 Å². The van der Waals surface area contributed by atoms with E-state index in [9.17, 15) is 0 Å². The average molecular weight is 284 g/mol. The summed E-state index contributed by atoms with van der Waals surface area (Å²) in [6.07, 6.45) is 1.56. The Hall–Kier alpha value is -2.10. The van der Waals surface area contributed by atoms with E-state index in [-0.39, 0.29) is 0 Å². The number of hydrogen-bond donors (Lipinski definition) is 1. The quantitative estimate of drug-likeness (QED) is 0.731. The summed E-state index contributed by atoms with van der Waals surface area (Å²) in [5.74, 6) is 0. The molecule has 2 heterocycles. The molecule has 2 aromatic heterocycles. The number of pyridine rings is 1. The zero-order chi connectivity index (χ0) is 13.2. The molecule has 19 heavy (non-hydrogen) atoms. The van der Waals surface area contributed by atoms with Crippen LogP contribution in [0.25, 0.3) is 10.2 Å². The van der Waals surface area contributed by atoms with E-state index in [2.05, 4.69) is 9.97 Å². The second-order valence-corrected chi connectivity index (χ2v) is 6.10. The lowest BCUT2D eigenvalue weighted by Crippen LogP contribution is -1.81. The van der Waals surface area contributed by atoms with Gasteiger partial charge in [-0.25, -0.2) is 9.97 Å². The van der Waals surface area contributed by atoms with Crippen LogP contribution in [0.3, 0.4) is 0 Å². The predicted octanol–water partition coefficient (Wildman–Crippen LogP) is 3.30. The van der Waals surface area contributed by atoms with Gasteiger partial charge in [0.1, 0.15) is 11.1 Å². The van der Waals surface area contributed by atoms with Crippen LogP contribution in [0.2, 0.25) is 0 Å². The second kappa shape index (κ2) is 4.88. The van der Waals surface area contributed by atoms with Crippen LogP contribution >= 0.6 is 23.1 Å². The number of nitrogen functional groups attached to an aromatic ring is 1. The molecule has 0 aliphatic heterocycles. The Morgan fingerprint density at radius 3 is 2.89 bits per heavy atom. The number of fused-ring (bicyclic) bond motifs is 1. The molecular weight excluding hydrogens is 276 g/mol. The normalized spacial score (nSPS) is 10.5. The summed E-state index contributed by atoms with van der Waals surface area (Å²) in [4.78, 5) is 8.73. The number of nitrogens with zero attached hydrogens (tertiary/aromatic N) is 3. The summed E-state index contributed by atoms with van der Waals surface area (Å²) in [6, 6.07) is 11.3. The number of nitriles is 1. The Morgan fingerprint density at radius 2 is 2.16 bits per heavy atom. The molecular formula is C13H8N4S2. The van der Waals surface area contributed by atoms with Gasteiger partial charge in [-0.3, -0.25) is 0 Å². The van der Waals surface area contributed by atoms with E-state index in [4.69, 9.17) is 11.0 Å². The molecule has 0 radical (unpaired) electrons. The highest BCUT2D eigenvalue weighted by atomic mass is 32.2. The minimum Gasteiger partial charge on any atom is -0.399 e. The van der Waals surface area contributed by atoms with Crippen molar-refractivity contribution in [1.82, 2.24) is 9.97 Å². The SMILES string of the molecule is N#Cc1ccc(Sc2nc3ccc(N)cc3s2)nc1. The fourth-order valence-electron chi connectivity index (χ4n) is 1.56. The maximum atomic E-state index is 8.72. The van der Waals surface area contributed by atoms with E-state index >= 15 is 0 Å². The van der Waals surface area contributed by atoms with Crippen molar-refractivity contribution in [3.05, 3.63) is 42.1 Å². The maximum absolute atomic E-state index is 8.72. The molecule has 0 aliphatic rings. The summed E-state index contributed by atoms with van der Waals surface area (Å²) in [5, 5.41) is 9.55. The fourth-order valence-corrected chi connectivity index (χ4v) is 3.56. The third-order valence-corrected chi connectivity index (χ3v) is 4.48. The van der Waals surface area contributed by atoms with E-state index in [0.29, 0.717) is 5.56 Å². The highest BCUT2D eigenvalue weighted by Crippen LogP contribution is 2.34. The largest absolute Gasteiger partial charge is 0.399 e. The molecule has 3 aromatic rings. The first-order valence-corrected chi connectivity index (χ1v) is 7.08. The van der Waals surface area contributed by atoms with Gasteiger partial charge in [0.2, 0.25) is 0 Å². The molecule has 0 amide bonds. The average Bonchev–Trinajstić information content (AvgIpc) is 2.81. The van der Waals surface area contributed by atoms with Gasteiger partial charge in [0, 0.05) is 11.9 Å². The molecule has 0 saturated heterocycles. The molecule has 0 saturated carbocycles. The first-order chi connectivity index (χ1) is 9.24. The van der Waals surface area contributed by atoms with Crippen LogP contribution in [0.4, 0.5) is 5.69 Å². The maximum Gasteiger partial charge on any atom is 0.157 e. The standard InChI is InChI=1S/C13H8N4S2/c14-6-8-1-4-12(16-7-8)19-13-17-10-3-2-9(15)5-11(10)18-13/h1-5,7H,15H2. The minimum atomic E-state index is 0.557. The summed E-state index contributed by atoms with van der Waals surface area (Å²) in [7, 11) is 0. The lowest BCUT2D eigenvalue weighted by atomic mass is 10.3. The molecule has 0 bridgehead atoms. The monoisotopic (exact) mass is 284 g/mol. The number of hydrogen-bond acceptors (Lipinski definition) is 6. The highest BCUT2D eigenvalue weighted by Gasteiger charge is 2.06. The van der Waals surface area contributed by atoms with E-state index in [0.717, 1.165) is 25.3 Å². The number of nitrogens with two attached hydrogens (primary N) is 1. The Kier molecular flexibility index (Phi) is 3.07. The van der Waals surface area contributed by atoms with Gasteiger partial charge < -0.3 is 5.73 Å². The molecule has 0 aliphatic carbocycles. The van der Waals surface area contributed by atoms with Gasteiger partial charge in [0.25, 0.3) is 0 Å². The Bertz CT molecular complexity index is 771. The Balaban J connectivity index is 1.90. The minimum absolute atomic E-state index is 0.557. The molecule has 0 atom stereocenters. The number of benzene rings is 1. The smallest absolute Gasteiger partial charge is 0.157 e. The third-order valence-electron chi connectivity index (χ3n) is 2.45. The van der Waals surface area contributed by atoms with E-state index in [1.807, 2.05) is 30.3 Å². The van der Waals surface area contributed by atoms with E-state index < -0.39 is 0 Å². The van der Waals surface area contributed by atoms with Gasteiger partial charge in [-0.05, 0) is 42.1 Å². The van der Waals surface area contributed by atoms with Crippen LogP contribution in [0.15, 0.2) is 45.9 Å². The van der Waals surface area contributed by atoms with Crippen molar-refractivity contribution in [2.75, 3.05) is 5.73 Å². The van der Waals surface area contributed by atoms with Crippen molar-refractivity contribution in [2.45, 2.75) is 9.37 Å². The molecule has 6 heteroatoms. The zero-order valence-electron chi connectivity index (χ0n) is 9.70. The van der Waals surface area contributed by atoms with Crippen LogP contribution < -0.4 is 5.73 Å². The van der Waals surface area contributed by atoms with Gasteiger partial charge in [0.05, 0.1) is 15.8 Å². The summed E-state index contributed by atoms with van der Waals surface area (Å²) in [6.45, 7) is 0. The van der Waals surface area contributed by atoms with Crippen molar-refractivity contribution in [2.24, 2.45) is 0 Å². The van der Waals surface area contributed by atoms with Gasteiger partial charge >= 0.3 is 0 Å². The topological polar surface area (TPSA) is 75.6 Å². The van der Waals surface area contributed by atoms with Gasteiger partial charge in [-0.2, -0.15) is 5.26 Å². The number of thiazole rings is 1. The zero-order valence-corrected chi connectivity index (χ0v) is 11.3. The molecule has 1 aromatic carbocycles. The Morgan fingerprint density at radius 1 is 1.26 bits per heavy atom. The molecule has 0 spiro atoms. The molecule has 92 valence electrons. The first-order valence-electron chi connectivity index (χ1n) is 5.45. The summed E-state index contributed by atoms with van der Waals surface area (Å²) >= 11 is 3.07. The van der Waals surface area contributed by atoms with Crippen molar-refractivity contribution >= 4 is 39.0 Å². The lowest BCUT2D eigenvalue weighted by molar-refractivity contribution is 1.12. The van der Waals surface area contributed by atoms with E-state index in [1.165, 1.54) is 11.8 Å². The molecule has 2 N–H and O–H groups in total. The molecule has 3 rings (SSSR count). The van der Waals surface area contributed by atoms with E-state index in [1.54, 1.807) is 23.6 Å². The number of anilines is 1. The summed E-state index contributed by atoms with van der Waals surface area (Å²) < 4.78 is 1.98. The second-order valence-electron chi connectivity index (χ2n) is 3.81. The van der Waals surface area contributed by atoms with Crippen molar-refractivity contribution < 1.29 is 0 Å². The van der Waals surface area contributed by atoms with Gasteiger partial charge in [-0.15, -0.1) is 11.3 Å². The van der Waals surface area contributed by atoms with Crippen molar-refractivity contribution in [3.8, 4) is 6.07 Å². The third kappa shape index (κ3) is 2.52. The Labute approximate surface area is 117 Å². The van der Waals surface area contributed by atoms with Crippen molar-refractivity contribution in [3.63, 3.8) is 0 Å². The fraction of sp³-hybridized carbons (Fsp3) is 0. The summed E-state index contributed by atoms with van der Waals surface area (Å²) in [5.41, 5.74) is 7.98. The van der Waals surface area contributed by atoms with Crippen LogP contribution in [-0.2, 0) is 0 Å². The van der Waals surface area contributed by atoms with Crippen LogP contribution in [0, 0.1) is 11.3 Å². The molecule has 0 unspecified atom stereocenters. The van der Waals surface area contributed by atoms with Crippen LogP contribution in [-0.4, -0.2) is 9.97 Å². The highest BCUT2D eigenvalue weighted by molar-refractivity contribution is 8.01. The number of aromatic nitrogens is 2. The predicted molar refractivity (Wildman–Crippen MR) is 77.1 cm³/mol. The van der Waals surface area contributed by atoms with Crippen LogP contribution in [0.1, 0.15) is 5.56 Å². The van der Waals surface area contributed by atoms with Crippen molar-refractivity contribution in [1.29, 1.82) is 5.26 Å². The number of rotatable bonds is 2. The molecule has 4 nitrogen and oxygen atoms in total. The lowest BCUT2D eigenvalue weighted by Gasteiger charge is -1.95. The molecule has 0 fully saturated rings. The van der Waals surface area contributed by atoms with Gasteiger partial charge in [-0.1, -0.05) is 0 Å².